The van der Waals surface area contributed by atoms with E-state index in [0.29, 0.717) is 33.3 Å². The van der Waals surface area contributed by atoms with Gasteiger partial charge in [0.05, 0.1) is 7.11 Å². The van der Waals surface area contributed by atoms with Crippen molar-refractivity contribution in [3.8, 4) is 11.5 Å². The van der Waals surface area contributed by atoms with E-state index in [9.17, 15) is 9.90 Å². The summed E-state index contributed by atoms with van der Waals surface area (Å²) in [6.45, 7) is 17.2. The average Bonchev–Trinajstić information content (AvgIpc) is 3.55. The van der Waals surface area contributed by atoms with Gasteiger partial charge in [0, 0.05) is 11.5 Å². The summed E-state index contributed by atoms with van der Waals surface area (Å²) in [5, 5.41) is 9.88. The molecule has 5 aliphatic rings. The molecule has 4 nitrogen and oxygen atoms in total. The van der Waals surface area contributed by atoms with Crippen molar-refractivity contribution < 1.29 is 19.4 Å². The van der Waals surface area contributed by atoms with Gasteiger partial charge in [0.15, 0.2) is 11.5 Å². The highest BCUT2D eigenvalue weighted by atomic mass is 16.5. The van der Waals surface area contributed by atoms with E-state index < -0.39 is 0 Å². The lowest BCUT2D eigenvalue weighted by Gasteiger charge is -2.63. The molecule has 5 saturated carbocycles. The second kappa shape index (κ2) is 10.9. The Kier molecular flexibility index (Phi) is 7.89. The molecule has 0 heterocycles. The van der Waals surface area contributed by atoms with Crippen LogP contribution < -0.4 is 4.74 Å². The number of carbonyl (C=O) groups excluding carboxylic acids is 1. The number of esters is 1. The lowest BCUT2D eigenvalue weighted by Crippen LogP contribution is -2.58. The average molecular weight is 603 g/mol. The topological polar surface area (TPSA) is 55.8 Å². The molecule has 4 heteroatoms. The number of phenolic OH excluding ortho intramolecular Hbond substituents is 1. The Morgan fingerprint density at radius 1 is 0.977 bits per heavy atom. The van der Waals surface area contributed by atoms with Crippen LogP contribution in [0.4, 0.5) is 0 Å². The first-order valence-corrected chi connectivity index (χ1v) is 17.6. The van der Waals surface area contributed by atoms with Gasteiger partial charge in [-0.25, -0.2) is 4.79 Å². The molecule has 9 atom stereocenters. The fourth-order valence-corrected chi connectivity index (χ4v) is 12.5. The van der Waals surface area contributed by atoms with Gasteiger partial charge in [-0.3, -0.25) is 0 Å². The van der Waals surface area contributed by atoms with E-state index in [1.807, 2.05) is 0 Å². The van der Waals surface area contributed by atoms with E-state index in [1.54, 1.807) is 24.3 Å². The minimum Gasteiger partial charge on any atom is -0.504 e. The maximum atomic E-state index is 13.1. The van der Waals surface area contributed by atoms with Crippen molar-refractivity contribution in [3.05, 3.63) is 41.5 Å². The summed E-state index contributed by atoms with van der Waals surface area (Å²) in [5.41, 5.74) is 4.08. The first-order valence-electron chi connectivity index (χ1n) is 17.6. The van der Waals surface area contributed by atoms with E-state index >= 15 is 0 Å². The third-order valence-electron chi connectivity index (χ3n) is 14.8. The molecule has 5 aliphatic carbocycles. The van der Waals surface area contributed by atoms with Crippen LogP contribution in [0.5, 0.6) is 11.5 Å². The number of hydrogen-bond donors (Lipinski definition) is 1. The van der Waals surface area contributed by atoms with E-state index in [1.165, 1.54) is 83.0 Å². The Labute approximate surface area is 267 Å². The SMILES string of the molecule is COc1cc(C=CC(=O)OC2CC[C@]34CC35CC[C@]3(C)[C@@H](C(C)CCC=C(C)C)CC[C@@]3(C)C5CCC4C2(C)C)ccc1O. The maximum Gasteiger partial charge on any atom is 0.331 e. The summed E-state index contributed by atoms with van der Waals surface area (Å²) >= 11 is 0. The summed E-state index contributed by atoms with van der Waals surface area (Å²) in [6.07, 6.45) is 20.1. The van der Waals surface area contributed by atoms with Gasteiger partial charge in [0.25, 0.3) is 0 Å². The van der Waals surface area contributed by atoms with Gasteiger partial charge in [-0.1, -0.05) is 52.3 Å². The molecule has 0 saturated heterocycles. The van der Waals surface area contributed by atoms with Gasteiger partial charge in [-0.2, -0.15) is 0 Å². The van der Waals surface area contributed by atoms with Crippen molar-refractivity contribution in [1.29, 1.82) is 0 Å². The van der Waals surface area contributed by atoms with Crippen molar-refractivity contribution in [2.45, 2.75) is 125 Å². The van der Waals surface area contributed by atoms with Crippen LogP contribution in [0.1, 0.15) is 125 Å². The number of aromatic hydroxyl groups is 1. The maximum absolute atomic E-state index is 13.1. The predicted octanol–water partition coefficient (Wildman–Crippen LogP) is 10.1. The summed E-state index contributed by atoms with van der Waals surface area (Å²) in [4.78, 5) is 13.1. The number of rotatable bonds is 8. The van der Waals surface area contributed by atoms with Crippen molar-refractivity contribution >= 4 is 12.0 Å². The summed E-state index contributed by atoms with van der Waals surface area (Å²) < 4.78 is 11.4. The van der Waals surface area contributed by atoms with Crippen LogP contribution in [-0.4, -0.2) is 24.3 Å². The van der Waals surface area contributed by atoms with Crippen LogP contribution in [0.2, 0.25) is 0 Å². The fraction of sp³-hybridized carbons (Fsp3) is 0.725. The van der Waals surface area contributed by atoms with Crippen LogP contribution in [0, 0.1) is 50.7 Å². The Morgan fingerprint density at radius 3 is 2.43 bits per heavy atom. The molecular formula is C40H58O4. The predicted molar refractivity (Wildman–Crippen MR) is 178 cm³/mol. The summed E-state index contributed by atoms with van der Waals surface area (Å²) in [5.74, 6) is 3.33. The smallest absolute Gasteiger partial charge is 0.331 e. The molecule has 5 fully saturated rings. The van der Waals surface area contributed by atoms with Crippen LogP contribution in [0.25, 0.3) is 6.08 Å². The molecule has 1 N–H and O–H groups in total. The largest absolute Gasteiger partial charge is 0.504 e. The molecule has 1 aromatic carbocycles. The number of fused-ring (bicyclic) bond motifs is 2. The molecule has 0 aliphatic heterocycles. The Morgan fingerprint density at radius 2 is 1.70 bits per heavy atom. The summed E-state index contributed by atoms with van der Waals surface area (Å²) in [6, 6.07) is 5.09. The number of methoxy groups -OCH3 is 1. The third-order valence-corrected chi connectivity index (χ3v) is 14.8. The number of carbonyl (C=O) groups is 1. The molecule has 44 heavy (non-hydrogen) atoms. The van der Waals surface area contributed by atoms with Gasteiger partial charge >= 0.3 is 5.97 Å². The van der Waals surface area contributed by atoms with Crippen LogP contribution in [-0.2, 0) is 9.53 Å². The van der Waals surface area contributed by atoms with Crippen LogP contribution >= 0.6 is 0 Å². The zero-order chi connectivity index (χ0) is 31.7. The van der Waals surface area contributed by atoms with Gasteiger partial charge in [-0.05, 0) is 154 Å². The summed E-state index contributed by atoms with van der Waals surface area (Å²) in [7, 11) is 1.53. The van der Waals surface area contributed by atoms with Gasteiger partial charge < -0.3 is 14.6 Å². The van der Waals surface area contributed by atoms with Gasteiger partial charge in [-0.15, -0.1) is 0 Å². The zero-order valence-corrected chi connectivity index (χ0v) is 28.8. The highest BCUT2D eigenvalue weighted by Gasteiger charge is 2.82. The standard InChI is InChI=1S/C40H58O4/c1-26(2)10-9-11-27(3)29-18-20-38(7)33-16-15-32-36(4,5)34(19-21-39(32)25-40(33,39)23-22-37(29,38)6)44-35(42)17-13-28-12-14-30(41)31(24-28)43-8/h10,12-14,17,24,27,29,32-34,41H,9,11,15-16,18-23,25H2,1-8H3/t27?,29-,32?,33?,34?,37-,38+,39-,40?/m1/s1. The third kappa shape index (κ3) is 4.62. The molecule has 0 amide bonds. The normalized spacial score (nSPS) is 40.6. The Bertz CT molecular complexity index is 1340. The molecule has 0 bridgehead atoms. The van der Waals surface area contributed by atoms with Crippen molar-refractivity contribution in [1.82, 2.24) is 0 Å². The van der Waals surface area contributed by atoms with Crippen molar-refractivity contribution in [3.63, 3.8) is 0 Å². The monoisotopic (exact) mass is 602 g/mol. The van der Waals surface area contributed by atoms with Crippen LogP contribution in [0.15, 0.2) is 35.9 Å². The first kappa shape index (κ1) is 31.7. The quantitative estimate of drug-likeness (QED) is 0.183. The molecule has 242 valence electrons. The fourth-order valence-electron chi connectivity index (χ4n) is 12.5. The van der Waals surface area contributed by atoms with E-state index in [4.69, 9.17) is 9.47 Å². The second-order valence-corrected chi connectivity index (χ2v) is 17.0. The molecule has 0 aromatic heterocycles. The highest BCUT2D eigenvalue weighted by Crippen LogP contribution is 2.89. The lowest BCUT2D eigenvalue weighted by atomic mass is 9.41. The highest BCUT2D eigenvalue weighted by molar-refractivity contribution is 5.87. The Hall–Kier alpha value is -2.23. The van der Waals surface area contributed by atoms with Crippen LogP contribution in [0.3, 0.4) is 0 Å². The van der Waals surface area contributed by atoms with E-state index in [2.05, 4.69) is 54.5 Å². The number of allylic oxidation sites excluding steroid dienone is 2. The Balaban J connectivity index is 1.15. The minimum absolute atomic E-state index is 0.0305. The number of benzene rings is 1. The lowest BCUT2D eigenvalue weighted by molar-refractivity contribution is -0.179. The molecule has 5 unspecified atom stereocenters. The van der Waals surface area contributed by atoms with E-state index in [0.717, 1.165) is 29.7 Å². The molecule has 2 spiro atoms. The molecular weight excluding hydrogens is 544 g/mol. The zero-order valence-electron chi connectivity index (χ0n) is 28.8. The first-order chi connectivity index (χ1) is 20.7. The van der Waals surface area contributed by atoms with Crippen molar-refractivity contribution in [2.24, 2.45) is 50.7 Å². The minimum atomic E-state index is -0.276. The number of hydrogen-bond acceptors (Lipinski definition) is 4. The van der Waals surface area contributed by atoms with Gasteiger partial charge in [0.2, 0.25) is 0 Å². The second-order valence-electron chi connectivity index (χ2n) is 17.0. The molecule has 0 radical (unpaired) electrons. The molecule has 6 rings (SSSR count). The molecule has 1 aromatic rings. The number of phenols is 1. The van der Waals surface area contributed by atoms with E-state index in [-0.39, 0.29) is 23.2 Å². The van der Waals surface area contributed by atoms with Crippen molar-refractivity contribution in [2.75, 3.05) is 7.11 Å². The number of ether oxygens (including phenoxy) is 2. The van der Waals surface area contributed by atoms with Gasteiger partial charge in [0.1, 0.15) is 6.10 Å².